The summed E-state index contributed by atoms with van der Waals surface area (Å²) in [6.07, 6.45) is 10.0. The maximum Gasteiger partial charge on any atom is 2.00 e. The van der Waals surface area contributed by atoms with Gasteiger partial charge in [-0.1, -0.05) is 30.3 Å². The van der Waals surface area contributed by atoms with Crippen molar-refractivity contribution in [2.24, 2.45) is 0 Å². The van der Waals surface area contributed by atoms with E-state index in [9.17, 15) is 0 Å². The van der Waals surface area contributed by atoms with Crippen LogP contribution in [0.1, 0.15) is 6.42 Å². The minimum atomic E-state index is 0. The Morgan fingerprint density at radius 3 is 2.00 bits per heavy atom. The van der Waals surface area contributed by atoms with Crippen molar-refractivity contribution < 1.29 is 34.1 Å². The molecule has 72 valence electrons. The van der Waals surface area contributed by atoms with Crippen LogP contribution in [0.15, 0.2) is 48.6 Å². The van der Waals surface area contributed by atoms with Gasteiger partial charge >= 0.3 is 21.7 Å². The van der Waals surface area contributed by atoms with Crippen LogP contribution in [0.3, 0.4) is 0 Å². The van der Waals surface area contributed by atoms with Crippen molar-refractivity contribution in [3.05, 3.63) is 60.4 Å². The molecule has 3 heteroatoms. The Morgan fingerprint density at radius 1 is 1.14 bits per heavy atom. The predicted molar refractivity (Wildman–Crippen MR) is 52.0 cm³/mol. The molecule has 0 heterocycles. The van der Waals surface area contributed by atoms with E-state index < -0.39 is 0 Å². The van der Waals surface area contributed by atoms with Crippen LogP contribution in [0.2, 0.25) is 0 Å². The second-order valence-corrected chi connectivity index (χ2v) is 2.37. The van der Waals surface area contributed by atoms with Gasteiger partial charge in [0.2, 0.25) is 0 Å². The first kappa shape index (κ1) is 16.0. The van der Waals surface area contributed by atoms with Gasteiger partial charge in [-0.25, -0.2) is 12.2 Å². The molecule has 0 spiro atoms. The van der Waals surface area contributed by atoms with Crippen LogP contribution in [0.25, 0.3) is 5.73 Å². The van der Waals surface area contributed by atoms with Gasteiger partial charge in [-0.15, -0.1) is 12.1 Å². The maximum atomic E-state index is 7.00. The second kappa shape index (κ2) is 10.6. The van der Waals surface area contributed by atoms with Gasteiger partial charge in [0.25, 0.3) is 0 Å². The summed E-state index contributed by atoms with van der Waals surface area (Å²) in [4.78, 5) is 0. The van der Waals surface area contributed by atoms with Gasteiger partial charge < -0.3 is 18.1 Å². The van der Waals surface area contributed by atoms with E-state index in [2.05, 4.69) is 12.2 Å². The van der Waals surface area contributed by atoms with Crippen molar-refractivity contribution in [1.82, 2.24) is 0 Å². The number of hydrogen-bond acceptors (Lipinski definition) is 0. The Morgan fingerprint density at radius 2 is 1.79 bits per heavy atom. The fraction of sp³-hybridized carbons (Fsp3) is 0.0909. The average Bonchev–Trinajstić information content (AvgIpc) is 2.62. The molecule has 0 atom stereocenters. The smallest absolute Gasteiger partial charge is 1.00 e. The summed E-state index contributed by atoms with van der Waals surface area (Å²) in [6, 6.07) is 9.10. The van der Waals surface area contributed by atoms with Crippen molar-refractivity contribution in [2.45, 2.75) is 6.42 Å². The largest absolute Gasteiger partial charge is 2.00 e. The van der Waals surface area contributed by atoms with Crippen LogP contribution in [-0.4, -0.2) is 0 Å². The Labute approximate surface area is 106 Å². The topological polar surface area (TPSA) is 23.8 Å². The molecule has 0 amide bonds. The van der Waals surface area contributed by atoms with Gasteiger partial charge in [0.05, 0.1) is 0 Å². The SMILES string of the molecule is [C-]1=CC=CC1.[Cl-].[NH-]c1ccccc1.[Ti+2]. The van der Waals surface area contributed by atoms with E-state index in [4.69, 9.17) is 5.73 Å². The van der Waals surface area contributed by atoms with Crippen LogP contribution in [0.5, 0.6) is 0 Å². The summed E-state index contributed by atoms with van der Waals surface area (Å²) in [6.45, 7) is 0. The van der Waals surface area contributed by atoms with Crippen LogP contribution in [-0.2, 0) is 21.7 Å². The van der Waals surface area contributed by atoms with Crippen LogP contribution in [0.4, 0.5) is 5.69 Å². The van der Waals surface area contributed by atoms with Gasteiger partial charge in [0.1, 0.15) is 0 Å². The summed E-state index contributed by atoms with van der Waals surface area (Å²) in [5.74, 6) is 0. The van der Waals surface area contributed by atoms with Gasteiger partial charge in [0.15, 0.2) is 0 Å². The monoisotopic (exact) mass is 240 g/mol. The molecule has 1 aromatic rings. The van der Waals surface area contributed by atoms with E-state index in [0.717, 1.165) is 6.42 Å². The van der Waals surface area contributed by atoms with Crippen molar-refractivity contribution in [1.29, 1.82) is 0 Å². The maximum absolute atomic E-state index is 7.00. The van der Waals surface area contributed by atoms with E-state index in [1.165, 1.54) is 0 Å². The van der Waals surface area contributed by atoms with E-state index >= 15 is 0 Å². The quantitative estimate of drug-likeness (QED) is 0.470. The van der Waals surface area contributed by atoms with Gasteiger partial charge in [-0.05, 0) is 0 Å². The van der Waals surface area contributed by atoms with E-state index in [1.54, 1.807) is 12.1 Å². The normalized spacial score (nSPS) is 10.6. The zero-order chi connectivity index (χ0) is 8.65. The predicted octanol–water partition coefficient (Wildman–Crippen LogP) is 0.677. The summed E-state index contributed by atoms with van der Waals surface area (Å²) in [5.41, 5.74) is 7.57. The fourth-order valence-corrected chi connectivity index (χ4v) is 0.778. The van der Waals surface area contributed by atoms with E-state index in [1.807, 2.05) is 30.4 Å². The van der Waals surface area contributed by atoms with E-state index in [-0.39, 0.29) is 34.1 Å². The Kier molecular flexibility index (Phi) is 12.1. The second-order valence-electron chi connectivity index (χ2n) is 2.37. The van der Waals surface area contributed by atoms with Crippen molar-refractivity contribution in [2.75, 3.05) is 0 Å². The molecule has 0 aromatic heterocycles. The molecule has 1 N–H and O–H groups in total. The number of benzene rings is 1. The third-order valence-electron chi connectivity index (χ3n) is 1.36. The number of rotatable bonds is 0. The molecule has 0 saturated heterocycles. The molecule has 1 aliphatic carbocycles. The third kappa shape index (κ3) is 8.12. The van der Waals surface area contributed by atoms with Crippen LogP contribution in [0, 0.1) is 6.08 Å². The number of halogens is 1. The molecule has 0 unspecified atom stereocenters. The molecule has 0 radical (unpaired) electrons. The molecular formula is C11H11ClNTi-. The van der Waals surface area contributed by atoms with E-state index in [0.29, 0.717) is 5.69 Å². The molecule has 0 bridgehead atoms. The molecule has 1 aromatic carbocycles. The Hall–Kier alpha value is -0.496. The summed E-state index contributed by atoms with van der Waals surface area (Å²) >= 11 is 0. The Bertz CT molecular complexity index is 260. The summed E-state index contributed by atoms with van der Waals surface area (Å²) < 4.78 is 0. The van der Waals surface area contributed by atoms with Gasteiger partial charge in [-0.2, -0.15) is 6.08 Å². The molecule has 14 heavy (non-hydrogen) atoms. The first-order valence-electron chi connectivity index (χ1n) is 3.88. The molecule has 1 aliphatic rings. The molecule has 0 aliphatic heterocycles. The third-order valence-corrected chi connectivity index (χ3v) is 1.36. The van der Waals surface area contributed by atoms with Crippen molar-refractivity contribution >= 4 is 5.69 Å². The fourth-order valence-electron chi connectivity index (χ4n) is 0.778. The molecular weight excluding hydrogens is 229 g/mol. The molecule has 1 nitrogen and oxygen atoms in total. The first-order chi connectivity index (χ1) is 5.89. The van der Waals surface area contributed by atoms with Crippen molar-refractivity contribution in [3.8, 4) is 0 Å². The average molecular weight is 241 g/mol. The zero-order valence-electron chi connectivity index (χ0n) is 7.70. The number of allylic oxidation sites excluding steroid dienone is 4. The Balaban J connectivity index is 0. The number of nitrogens with one attached hydrogen (secondary N) is 1. The number of hydrogen-bond donors (Lipinski definition) is 0. The van der Waals surface area contributed by atoms with Crippen LogP contribution >= 0.6 is 0 Å². The van der Waals surface area contributed by atoms with Gasteiger partial charge in [-0.3, -0.25) is 6.08 Å². The summed E-state index contributed by atoms with van der Waals surface area (Å²) in [7, 11) is 0. The van der Waals surface area contributed by atoms with Crippen LogP contribution < -0.4 is 12.4 Å². The summed E-state index contributed by atoms with van der Waals surface area (Å²) in [5, 5.41) is 0. The molecule has 2 rings (SSSR count). The first-order valence-corrected chi connectivity index (χ1v) is 3.88. The standard InChI is InChI=1S/C6H6N.C5H5.ClH.Ti/c7-6-4-2-1-3-5-6;1-2-4-5-3-1;;/h1-5,7H;1-3H,4H2;1H;/q2*-1;;+2/p-1. The minimum Gasteiger partial charge on any atom is -1.00 e. The molecule has 0 fully saturated rings. The molecule has 0 saturated carbocycles. The minimum absolute atomic E-state index is 0. The van der Waals surface area contributed by atoms with Crippen molar-refractivity contribution in [3.63, 3.8) is 0 Å². The van der Waals surface area contributed by atoms with Gasteiger partial charge in [0, 0.05) is 0 Å². The zero-order valence-corrected chi connectivity index (χ0v) is 10.0.